The van der Waals surface area contributed by atoms with Crippen LogP contribution in [0.1, 0.15) is 71.2 Å². The Hall–Kier alpha value is -3.95. The van der Waals surface area contributed by atoms with E-state index in [2.05, 4.69) is 87.6 Å². The van der Waals surface area contributed by atoms with E-state index in [9.17, 15) is 4.79 Å². The standard InChI is InChI=1S/C33H41N7O2/c1-20-17-26(36-21(20)2)30-34-18-27(37-30)24-11-7-22(8-12-24)23-9-13-25(14-10-23)28-19-35-31(38-28)29-15-16-39(6)40(29)32(41)42-33(3,4)5/h7-14,18-21,26,29,36H,15-17H2,1-6H3,(H,34,37)(H,35,38)/t20-,21?,26+,29+/m1/s1. The molecule has 9 heteroatoms. The van der Waals surface area contributed by atoms with Crippen molar-refractivity contribution in [1.82, 2.24) is 35.3 Å². The van der Waals surface area contributed by atoms with Crippen molar-refractivity contribution < 1.29 is 9.53 Å². The van der Waals surface area contributed by atoms with E-state index in [0.29, 0.717) is 12.0 Å². The molecule has 2 aromatic carbocycles. The van der Waals surface area contributed by atoms with E-state index in [1.165, 1.54) is 0 Å². The molecule has 0 bridgehead atoms. The van der Waals surface area contributed by atoms with Gasteiger partial charge in [0.2, 0.25) is 0 Å². The van der Waals surface area contributed by atoms with Crippen LogP contribution in [0, 0.1) is 5.92 Å². The third-order valence-electron chi connectivity index (χ3n) is 8.46. The van der Waals surface area contributed by atoms with Gasteiger partial charge in [0.05, 0.1) is 29.8 Å². The van der Waals surface area contributed by atoms with Crippen LogP contribution in [-0.4, -0.2) is 61.3 Å². The number of carbonyl (C=O) groups is 1. The van der Waals surface area contributed by atoms with Crippen LogP contribution in [0.3, 0.4) is 0 Å². The van der Waals surface area contributed by atoms with Crippen molar-refractivity contribution in [3.63, 3.8) is 0 Å². The van der Waals surface area contributed by atoms with Crippen LogP contribution in [0.5, 0.6) is 0 Å². The zero-order chi connectivity index (χ0) is 29.6. The first kappa shape index (κ1) is 28.2. The number of carbonyl (C=O) groups excluding carboxylic acids is 1. The van der Waals surface area contributed by atoms with Crippen LogP contribution >= 0.6 is 0 Å². The van der Waals surface area contributed by atoms with Gasteiger partial charge in [0.15, 0.2) is 0 Å². The van der Waals surface area contributed by atoms with Gasteiger partial charge in [-0.15, -0.1) is 0 Å². The fourth-order valence-corrected chi connectivity index (χ4v) is 5.92. The molecule has 0 spiro atoms. The summed E-state index contributed by atoms with van der Waals surface area (Å²) in [7, 11) is 1.90. The average molecular weight is 568 g/mol. The first-order valence-corrected chi connectivity index (χ1v) is 14.9. The molecule has 6 rings (SSSR count). The smallest absolute Gasteiger partial charge is 0.425 e. The molecule has 2 fully saturated rings. The molecule has 1 amide bonds. The molecule has 4 aromatic rings. The number of aromatic nitrogens is 4. The molecule has 2 aliphatic heterocycles. The minimum atomic E-state index is -0.561. The number of nitrogens with zero attached hydrogens (tertiary/aromatic N) is 4. The average Bonchev–Trinajstić information content (AvgIpc) is 3.75. The lowest BCUT2D eigenvalue weighted by Gasteiger charge is -2.31. The fourth-order valence-electron chi connectivity index (χ4n) is 5.92. The van der Waals surface area contributed by atoms with Gasteiger partial charge in [0, 0.05) is 19.6 Å². The molecule has 0 radical (unpaired) electrons. The number of H-pyrrole nitrogens is 2. The summed E-state index contributed by atoms with van der Waals surface area (Å²) in [6.07, 6.45) is 5.30. The second-order valence-electron chi connectivity index (χ2n) is 12.8. The number of amides is 1. The number of imidazole rings is 2. The number of hydrogen-bond acceptors (Lipinski definition) is 6. The zero-order valence-corrected chi connectivity index (χ0v) is 25.3. The number of hydrogen-bond donors (Lipinski definition) is 3. The topological polar surface area (TPSA) is 102 Å². The number of hydrazine groups is 1. The zero-order valence-electron chi connectivity index (χ0n) is 25.3. The highest BCUT2D eigenvalue weighted by atomic mass is 16.6. The van der Waals surface area contributed by atoms with Crippen LogP contribution in [0.2, 0.25) is 0 Å². The molecular formula is C33H41N7O2. The second-order valence-corrected chi connectivity index (χ2v) is 12.8. The summed E-state index contributed by atoms with van der Waals surface area (Å²) in [4.78, 5) is 29.2. The monoisotopic (exact) mass is 567 g/mol. The van der Waals surface area contributed by atoms with E-state index in [4.69, 9.17) is 4.74 Å². The lowest BCUT2D eigenvalue weighted by molar-refractivity contribution is -0.0318. The largest absolute Gasteiger partial charge is 0.443 e. The van der Waals surface area contributed by atoms with Gasteiger partial charge < -0.3 is 20.0 Å². The number of ether oxygens (including phenoxy) is 1. The van der Waals surface area contributed by atoms with E-state index < -0.39 is 5.60 Å². The Morgan fingerprint density at radius 1 is 0.857 bits per heavy atom. The van der Waals surface area contributed by atoms with Gasteiger partial charge in [-0.05, 0) is 68.7 Å². The normalized spacial score (nSPS) is 23.0. The van der Waals surface area contributed by atoms with Gasteiger partial charge in [-0.1, -0.05) is 55.5 Å². The van der Waals surface area contributed by atoms with E-state index in [1.54, 1.807) is 5.01 Å². The summed E-state index contributed by atoms with van der Waals surface area (Å²) < 4.78 is 5.65. The summed E-state index contributed by atoms with van der Waals surface area (Å²) in [6, 6.07) is 17.7. The molecule has 2 saturated heterocycles. The van der Waals surface area contributed by atoms with Crippen LogP contribution in [0.4, 0.5) is 4.79 Å². The summed E-state index contributed by atoms with van der Waals surface area (Å²) in [5, 5.41) is 7.21. The van der Waals surface area contributed by atoms with E-state index in [0.717, 1.165) is 64.7 Å². The summed E-state index contributed by atoms with van der Waals surface area (Å²) in [5.41, 5.74) is 5.85. The molecule has 9 nitrogen and oxygen atoms in total. The molecule has 4 heterocycles. The maximum Gasteiger partial charge on any atom is 0.425 e. The highest BCUT2D eigenvalue weighted by molar-refractivity contribution is 5.72. The van der Waals surface area contributed by atoms with Gasteiger partial charge in [0.25, 0.3) is 0 Å². The van der Waals surface area contributed by atoms with Crippen molar-refractivity contribution in [3.8, 4) is 33.6 Å². The van der Waals surface area contributed by atoms with Crippen molar-refractivity contribution in [2.45, 2.75) is 71.2 Å². The van der Waals surface area contributed by atoms with Crippen molar-refractivity contribution in [1.29, 1.82) is 0 Å². The second kappa shape index (κ2) is 11.0. The molecule has 0 saturated carbocycles. The van der Waals surface area contributed by atoms with Gasteiger partial charge in [-0.2, -0.15) is 0 Å². The minimum absolute atomic E-state index is 0.191. The van der Waals surface area contributed by atoms with Crippen molar-refractivity contribution in [3.05, 3.63) is 72.6 Å². The summed E-state index contributed by atoms with van der Waals surface area (Å²) in [5.74, 6) is 2.42. The quantitative estimate of drug-likeness (QED) is 0.247. The maximum absolute atomic E-state index is 12.9. The third kappa shape index (κ3) is 5.71. The first-order valence-electron chi connectivity index (χ1n) is 14.9. The highest BCUT2D eigenvalue weighted by Gasteiger charge is 2.38. The molecule has 4 atom stereocenters. The Bertz CT molecular complexity index is 1520. The third-order valence-corrected chi connectivity index (χ3v) is 8.46. The summed E-state index contributed by atoms with van der Waals surface area (Å²) in [6.45, 7) is 10.9. The predicted molar refractivity (Wildman–Crippen MR) is 164 cm³/mol. The number of rotatable bonds is 5. The van der Waals surface area contributed by atoms with Crippen molar-refractivity contribution >= 4 is 6.09 Å². The number of benzene rings is 2. The lowest BCUT2D eigenvalue weighted by atomic mass is 10.0. The van der Waals surface area contributed by atoms with E-state index >= 15 is 0 Å². The molecule has 1 unspecified atom stereocenters. The molecular weight excluding hydrogens is 526 g/mol. The van der Waals surface area contributed by atoms with E-state index in [1.807, 2.05) is 45.2 Å². The van der Waals surface area contributed by atoms with Crippen LogP contribution < -0.4 is 5.32 Å². The van der Waals surface area contributed by atoms with Gasteiger partial charge in [-0.3, -0.25) is 0 Å². The van der Waals surface area contributed by atoms with Crippen molar-refractivity contribution in [2.24, 2.45) is 5.92 Å². The Kier molecular flexibility index (Phi) is 7.41. The molecule has 2 aliphatic rings. The molecule has 42 heavy (non-hydrogen) atoms. The van der Waals surface area contributed by atoms with E-state index in [-0.39, 0.29) is 18.2 Å². The van der Waals surface area contributed by atoms with Crippen LogP contribution in [-0.2, 0) is 4.74 Å². The van der Waals surface area contributed by atoms with Gasteiger partial charge in [-0.25, -0.2) is 24.8 Å². The Morgan fingerprint density at radius 3 is 1.90 bits per heavy atom. The highest BCUT2D eigenvalue weighted by Crippen LogP contribution is 2.34. The summed E-state index contributed by atoms with van der Waals surface area (Å²) >= 11 is 0. The number of aromatic amines is 2. The first-order chi connectivity index (χ1) is 20.1. The molecule has 220 valence electrons. The minimum Gasteiger partial charge on any atom is -0.443 e. The lowest BCUT2D eigenvalue weighted by Crippen LogP contribution is -2.43. The molecule has 3 N–H and O–H groups in total. The van der Waals surface area contributed by atoms with Gasteiger partial charge >= 0.3 is 6.09 Å². The van der Waals surface area contributed by atoms with Crippen molar-refractivity contribution in [2.75, 3.05) is 13.6 Å². The molecule has 0 aliphatic carbocycles. The SMILES string of the molecule is CC1N[C@H](c2ncc(-c3ccc(-c4ccc(-c5cnc([C@@H]6CCN(C)N6C(=O)OC(C)(C)C)[nH]5)cc4)cc3)[nH]2)C[C@H]1C. The fraction of sp³-hybridized carbons (Fsp3) is 0.424. The Balaban J connectivity index is 1.13. The Morgan fingerprint density at radius 2 is 1.38 bits per heavy atom. The molecule has 2 aromatic heterocycles. The van der Waals surface area contributed by atoms with Crippen LogP contribution in [0.15, 0.2) is 60.9 Å². The predicted octanol–water partition coefficient (Wildman–Crippen LogP) is 6.72. The Labute approximate surface area is 247 Å². The van der Waals surface area contributed by atoms with Gasteiger partial charge in [0.1, 0.15) is 23.3 Å². The maximum atomic E-state index is 12.9. The van der Waals surface area contributed by atoms with Crippen LogP contribution in [0.25, 0.3) is 33.6 Å². The number of nitrogens with one attached hydrogen (secondary N) is 3.